The monoisotopic (exact) mass is 284 g/mol. The Bertz CT molecular complexity index is 599. The van der Waals surface area contributed by atoms with Crippen LogP contribution in [-0.2, 0) is 4.74 Å². The molecule has 3 rings (SSSR count). The van der Waals surface area contributed by atoms with Gasteiger partial charge in [0.15, 0.2) is 0 Å². The van der Waals surface area contributed by atoms with E-state index in [1.807, 2.05) is 12.3 Å². The predicted molar refractivity (Wildman–Crippen MR) is 86.3 cm³/mol. The van der Waals surface area contributed by atoms with Gasteiger partial charge < -0.3 is 10.1 Å². The van der Waals surface area contributed by atoms with E-state index in [9.17, 15) is 0 Å². The summed E-state index contributed by atoms with van der Waals surface area (Å²) in [7, 11) is 0. The van der Waals surface area contributed by atoms with Crippen molar-refractivity contribution in [3.8, 4) is 0 Å². The minimum atomic E-state index is 0.243. The quantitative estimate of drug-likeness (QED) is 0.905. The van der Waals surface area contributed by atoms with E-state index in [0.29, 0.717) is 6.10 Å². The van der Waals surface area contributed by atoms with Crippen molar-refractivity contribution in [2.24, 2.45) is 0 Å². The van der Waals surface area contributed by atoms with Gasteiger partial charge in [0.25, 0.3) is 0 Å². The number of hydrogen-bond acceptors (Lipinski definition) is 3. The molecule has 0 radical (unpaired) electrons. The number of nitrogens with zero attached hydrogens (tertiary/aromatic N) is 1. The number of rotatable bonds is 5. The predicted octanol–water partition coefficient (Wildman–Crippen LogP) is 3.84. The smallest absolute Gasteiger partial charge is 0.0774 e. The molecule has 3 nitrogen and oxygen atoms in total. The van der Waals surface area contributed by atoms with Gasteiger partial charge >= 0.3 is 0 Å². The molecule has 1 aliphatic rings. The first kappa shape index (κ1) is 14.5. The Kier molecular flexibility index (Phi) is 4.51. The van der Waals surface area contributed by atoms with Gasteiger partial charge in [0.2, 0.25) is 0 Å². The lowest BCUT2D eigenvalue weighted by Gasteiger charge is -2.25. The van der Waals surface area contributed by atoms with Crippen LogP contribution in [0.3, 0.4) is 0 Å². The third-order valence-corrected chi connectivity index (χ3v) is 4.22. The Morgan fingerprint density at radius 3 is 2.95 bits per heavy atom. The lowest BCUT2D eigenvalue weighted by Crippen LogP contribution is -2.32. The van der Waals surface area contributed by atoms with E-state index in [2.05, 4.69) is 48.4 Å². The fourth-order valence-corrected chi connectivity index (χ4v) is 3.10. The van der Waals surface area contributed by atoms with E-state index in [1.165, 1.54) is 10.9 Å². The maximum atomic E-state index is 6.10. The molecule has 21 heavy (non-hydrogen) atoms. The van der Waals surface area contributed by atoms with Crippen molar-refractivity contribution >= 4 is 10.9 Å². The summed E-state index contributed by atoms with van der Waals surface area (Å²) in [6.07, 6.45) is 6.02. The summed E-state index contributed by atoms with van der Waals surface area (Å²) in [4.78, 5) is 4.61. The molecule has 1 aromatic carbocycles. The van der Waals surface area contributed by atoms with Crippen molar-refractivity contribution < 1.29 is 4.74 Å². The maximum absolute atomic E-state index is 6.10. The summed E-state index contributed by atoms with van der Waals surface area (Å²) in [6, 6.07) is 10.8. The number of pyridine rings is 1. The largest absolute Gasteiger partial charge is 0.373 e. The molecule has 0 spiro atoms. The normalized spacial score (nSPS) is 23.5. The first-order valence-corrected chi connectivity index (χ1v) is 8.01. The highest BCUT2D eigenvalue weighted by Gasteiger charge is 2.30. The van der Waals surface area contributed by atoms with Gasteiger partial charge in [-0.2, -0.15) is 0 Å². The topological polar surface area (TPSA) is 34.2 Å². The fraction of sp³-hybridized carbons (Fsp3) is 0.500. The van der Waals surface area contributed by atoms with Crippen molar-refractivity contribution in [1.29, 1.82) is 0 Å². The second kappa shape index (κ2) is 6.54. The average molecular weight is 284 g/mol. The van der Waals surface area contributed by atoms with Gasteiger partial charge in [0, 0.05) is 11.6 Å². The summed E-state index contributed by atoms with van der Waals surface area (Å²) in [5.41, 5.74) is 2.29. The van der Waals surface area contributed by atoms with Crippen molar-refractivity contribution in [1.82, 2.24) is 10.3 Å². The Balaban J connectivity index is 1.89. The summed E-state index contributed by atoms with van der Waals surface area (Å²) in [5.74, 6) is 0. The molecular weight excluding hydrogens is 260 g/mol. The van der Waals surface area contributed by atoms with Crippen LogP contribution in [-0.4, -0.2) is 23.7 Å². The highest BCUT2D eigenvalue weighted by atomic mass is 16.5. The van der Waals surface area contributed by atoms with Crippen LogP contribution < -0.4 is 5.32 Å². The van der Waals surface area contributed by atoms with E-state index in [0.717, 1.165) is 31.3 Å². The van der Waals surface area contributed by atoms with Gasteiger partial charge in [0.05, 0.1) is 23.8 Å². The Labute approximate surface area is 126 Å². The van der Waals surface area contributed by atoms with E-state index in [-0.39, 0.29) is 12.1 Å². The van der Waals surface area contributed by atoms with Crippen LogP contribution in [0.5, 0.6) is 0 Å². The lowest BCUT2D eigenvalue weighted by atomic mass is 9.99. The number of ether oxygens (including phenoxy) is 1. The molecule has 3 unspecified atom stereocenters. The molecule has 0 aliphatic carbocycles. The molecule has 1 aliphatic heterocycles. The van der Waals surface area contributed by atoms with Gasteiger partial charge in [-0.25, -0.2) is 0 Å². The molecule has 0 saturated carbocycles. The Morgan fingerprint density at radius 1 is 1.33 bits per heavy atom. The standard InChI is InChI=1S/C18H24N2O/c1-3-10-19-18(17-9-8-13(2)21-17)15-11-14-6-4-5-7-16(14)20-12-15/h4-7,11-13,17-19H,3,8-10H2,1-2H3. The molecular formula is C18H24N2O. The first-order valence-electron chi connectivity index (χ1n) is 8.01. The summed E-state index contributed by atoms with van der Waals surface area (Å²) >= 11 is 0. The van der Waals surface area contributed by atoms with Crippen LogP contribution in [0.2, 0.25) is 0 Å². The van der Waals surface area contributed by atoms with Gasteiger partial charge in [-0.05, 0) is 50.4 Å². The highest BCUT2D eigenvalue weighted by molar-refractivity contribution is 5.78. The average Bonchev–Trinajstić information content (AvgIpc) is 2.94. The zero-order valence-electron chi connectivity index (χ0n) is 12.9. The second-order valence-corrected chi connectivity index (χ2v) is 5.96. The van der Waals surface area contributed by atoms with E-state index >= 15 is 0 Å². The van der Waals surface area contributed by atoms with Gasteiger partial charge in [0.1, 0.15) is 0 Å². The van der Waals surface area contributed by atoms with Gasteiger partial charge in [-0.3, -0.25) is 4.98 Å². The SMILES string of the molecule is CCCNC(c1cnc2ccccc2c1)C1CCC(C)O1. The molecule has 3 heteroatoms. The molecule has 2 heterocycles. The highest BCUT2D eigenvalue weighted by Crippen LogP contribution is 2.31. The zero-order chi connectivity index (χ0) is 14.7. The summed E-state index contributed by atoms with van der Waals surface area (Å²) in [5, 5.41) is 4.85. The minimum Gasteiger partial charge on any atom is -0.373 e. The number of aromatic nitrogens is 1. The Hall–Kier alpha value is -1.45. The summed E-state index contributed by atoms with van der Waals surface area (Å²) in [6.45, 7) is 5.36. The number of benzene rings is 1. The van der Waals surface area contributed by atoms with Crippen LogP contribution in [0.1, 0.15) is 44.7 Å². The van der Waals surface area contributed by atoms with E-state index in [4.69, 9.17) is 4.74 Å². The zero-order valence-corrected chi connectivity index (χ0v) is 12.9. The second-order valence-electron chi connectivity index (χ2n) is 5.96. The molecule has 2 aromatic rings. The van der Waals surface area contributed by atoms with Gasteiger partial charge in [-0.15, -0.1) is 0 Å². The fourth-order valence-electron chi connectivity index (χ4n) is 3.10. The number of nitrogens with one attached hydrogen (secondary N) is 1. The molecule has 1 N–H and O–H groups in total. The third-order valence-electron chi connectivity index (χ3n) is 4.22. The summed E-state index contributed by atoms with van der Waals surface area (Å²) < 4.78 is 6.10. The molecule has 3 atom stereocenters. The van der Waals surface area contributed by atoms with Crippen molar-refractivity contribution in [3.63, 3.8) is 0 Å². The molecule has 112 valence electrons. The van der Waals surface area contributed by atoms with Crippen LogP contribution >= 0.6 is 0 Å². The van der Waals surface area contributed by atoms with E-state index in [1.54, 1.807) is 0 Å². The molecule has 1 saturated heterocycles. The maximum Gasteiger partial charge on any atom is 0.0774 e. The number of hydrogen-bond donors (Lipinski definition) is 1. The lowest BCUT2D eigenvalue weighted by molar-refractivity contribution is 0.0316. The van der Waals surface area contributed by atoms with Crippen molar-refractivity contribution in [2.75, 3.05) is 6.54 Å². The molecule has 0 bridgehead atoms. The molecule has 1 aromatic heterocycles. The van der Waals surface area contributed by atoms with Crippen LogP contribution in [0.25, 0.3) is 10.9 Å². The van der Waals surface area contributed by atoms with Crippen molar-refractivity contribution in [3.05, 3.63) is 42.1 Å². The Morgan fingerprint density at radius 2 is 2.19 bits per heavy atom. The minimum absolute atomic E-state index is 0.243. The van der Waals surface area contributed by atoms with Crippen molar-refractivity contribution in [2.45, 2.75) is 51.4 Å². The van der Waals surface area contributed by atoms with E-state index < -0.39 is 0 Å². The third kappa shape index (κ3) is 3.25. The number of fused-ring (bicyclic) bond motifs is 1. The van der Waals surface area contributed by atoms with Gasteiger partial charge in [-0.1, -0.05) is 25.1 Å². The number of para-hydroxylation sites is 1. The molecule has 1 fully saturated rings. The van der Waals surface area contributed by atoms with Crippen LogP contribution in [0.4, 0.5) is 0 Å². The molecule has 0 amide bonds. The van der Waals surface area contributed by atoms with Crippen LogP contribution in [0.15, 0.2) is 36.5 Å². The first-order chi connectivity index (χ1) is 10.3. The van der Waals surface area contributed by atoms with Crippen LogP contribution in [0, 0.1) is 0 Å².